The van der Waals surface area contributed by atoms with Crippen LogP contribution in [0.15, 0.2) is 30.3 Å². The second kappa shape index (κ2) is 7.18. The molecule has 24 heavy (non-hydrogen) atoms. The maximum atomic E-state index is 9.28. The van der Waals surface area contributed by atoms with E-state index in [4.69, 9.17) is 0 Å². The van der Waals surface area contributed by atoms with Crippen LogP contribution in [0, 0.1) is 18.3 Å². The van der Waals surface area contributed by atoms with E-state index in [1.165, 1.54) is 0 Å². The lowest BCUT2D eigenvalue weighted by molar-refractivity contribution is 0.639. The fraction of sp³-hybridized carbons (Fsp3) is 0.389. The molecule has 0 amide bonds. The molecule has 6 nitrogen and oxygen atoms in total. The zero-order valence-electron chi connectivity index (χ0n) is 14.2. The van der Waals surface area contributed by atoms with Crippen LogP contribution in [0.1, 0.15) is 18.2 Å². The summed E-state index contributed by atoms with van der Waals surface area (Å²) in [6.45, 7) is 8.28. The van der Waals surface area contributed by atoms with E-state index in [0.717, 1.165) is 61.4 Å². The number of aryl methyl sites for hydroxylation is 1. The molecule has 1 aromatic heterocycles. The molecule has 1 aliphatic heterocycles. The smallest absolute Gasteiger partial charge is 0.227 e. The molecule has 1 aromatic carbocycles. The van der Waals surface area contributed by atoms with Gasteiger partial charge >= 0.3 is 0 Å². The predicted octanol–water partition coefficient (Wildman–Crippen LogP) is 2.42. The van der Waals surface area contributed by atoms with E-state index in [1.54, 1.807) is 0 Å². The Labute approximate surface area is 142 Å². The molecule has 6 heteroatoms. The van der Waals surface area contributed by atoms with Gasteiger partial charge in [-0.1, -0.05) is 12.1 Å². The van der Waals surface area contributed by atoms with Gasteiger partial charge in [0.2, 0.25) is 5.95 Å². The minimum atomic E-state index is 0.729. The van der Waals surface area contributed by atoms with Crippen LogP contribution < -0.4 is 15.1 Å². The highest BCUT2D eigenvalue weighted by Crippen LogP contribution is 2.22. The molecule has 1 N–H and O–H groups in total. The molecule has 0 saturated carbocycles. The van der Waals surface area contributed by atoms with Crippen molar-refractivity contribution in [3.63, 3.8) is 0 Å². The first kappa shape index (κ1) is 16.1. The lowest BCUT2D eigenvalue weighted by Gasteiger charge is -2.36. The number of benzene rings is 1. The van der Waals surface area contributed by atoms with E-state index in [0.29, 0.717) is 0 Å². The van der Waals surface area contributed by atoms with Crippen molar-refractivity contribution >= 4 is 17.5 Å². The van der Waals surface area contributed by atoms with Gasteiger partial charge < -0.3 is 15.1 Å². The SMILES string of the molecule is CCNc1cc(C)nc(N2CCN(c3ccccc3C#N)CC2)n1. The summed E-state index contributed by atoms with van der Waals surface area (Å²) in [6.07, 6.45) is 0. The minimum absolute atomic E-state index is 0.729. The summed E-state index contributed by atoms with van der Waals surface area (Å²) in [6, 6.07) is 12.0. The first-order chi connectivity index (χ1) is 11.7. The average molecular weight is 322 g/mol. The Morgan fingerprint density at radius 3 is 2.54 bits per heavy atom. The van der Waals surface area contributed by atoms with Crippen LogP contribution in [0.3, 0.4) is 0 Å². The zero-order chi connectivity index (χ0) is 16.9. The molecule has 0 radical (unpaired) electrons. The van der Waals surface area contributed by atoms with Crippen molar-refractivity contribution in [2.75, 3.05) is 47.8 Å². The summed E-state index contributed by atoms with van der Waals surface area (Å²) in [7, 11) is 0. The van der Waals surface area contributed by atoms with E-state index in [9.17, 15) is 5.26 Å². The summed E-state index contributed by atoms with van der Waals surface area (Å²) in [5.74, 6) is 1.65. The molecule has 1 saturated heterocycles. The van der Waals surface area contributed by atoms with Crippen LogP contribution >= 0.6 is 0 Å². The third-order valence-corrected chi connectivity index (χ3v) is 4.13. The second-order valence-electron chi connectivity index (χ2n) is 5.83. The van der Waals surface area contributed by atoms with Gasteiger partial charge in [0.1, 0.15) is 11.9 Å². The zero-order valence-corrected chi connectivity index (χ0v) is 14.2. The molecule has 0 spiro atoms. The van der Waals surface area contributed by atoms with Crippen LogP contribution in [-0.4, -0.2) is 42.7 Å². The Morgan fingerprint density at radius 2 is 1.83 bits per heavy atom. The number of rotatable bonds is 4. The topological polar surface area (TPSA) is 68.1 Å². The molecule has 0 unspecified atom stereocenters. The van der Waals surface area contributed by atoms with Gasteiger partial charge in [-0.05, 0) is 26.0 Å². The van der Waals surface area contributed by atoms with E-state index < -0.39 is 0 Å². The van der Waals surface area contributed by atoms with Crippen molar-refractivity contribution < 1.29 is 0 Å². The van der Waals surface area contributed by atoms with Crippen molar-refractivity contribution in [3.05, 3.63) is 41.6 Å². The molecule has 0 aliphatic carbocycles. The predicted molar refractivity (Wildman–Crippen MR) is 96.5 cm³/mol. The summed E-state index contributed by atoms with van der Waals surface area (Å²) in [4.78, 5) is 13.7. The van der Waals surface area contributed by atoms with Crippen molar-refractivity contribution in [2.24, 2.45) is 0 Å². The molecule has 0 atom stereocenters. The lowest BCUT2D eigenvalue weighted by atomic mass is 10.1. The number of piperazine rings is 1. The molecule has 3 rings (SSSR count). The summed E-state index contributed by atoms with van der Waals surface area (Å²) in [5.41, 5.74) is 2.71. The van der Waals surface area contributed by atoms with Crippen LogP contribution in [-0.2, 0) is 0 Å². The number of hydrogen-bond acceptors (Lipinski definition) is 6. The monoisotopic (exact) mass is 322 g/mol. The Balaban J connectivity index is 1.72. The fourth-order valence-electron chi connectivity index (χ4n) is 2.96. The van der Waals surface area contributed by atoms with Gasteiger partial charge in [0.15, 0.2) is 0 Å². The Morgan fingerprint density at radius 1 is 1.12 bits per heavy atom. The minimum Gasteiger partial charge on any atom is -0.370 e. The van der Waals surface area contributed by atoms with Gasteiger partial charge in [0, 0.05) is 44.5 Å². The van der Waals surface area contributed by atoms with Crippen molar-refractivity contribution in [1.29, 1.82) is 5.26 Å². The maximum Gasteiger partial charge on any atom is 0.227 e. The Bertz CT molecular complexity index is 743. The van der Waals surface area contributed by atoms with E-state index in [-0.39, 0.29) is 0 Å². The summed E-state index contributed by atoms with van der Waals surface area (Å²) >= 11 is 0. The number of nitriles is 1. The standard InChI is InChI=1S/C18H22N6/c1-3-20-17-12-14(2)21-18(22-17)24-10-8-23(9-11-24)16-7-5-4-6-15(16)13-19/h4-7,12H,3,8-11H2,1-2H3,(H,20,21,22). The van der Waals surface area contributed by atoms with E-state index in [2.05, 4.69) is 38.1 Å². The van der Waals surface area contributed by atoms with Gasteiger partial charge in [-0.2, -0.15) is 10.2 Å². The highest BCUT2D eigenvalue weighted by molar-refractivity contribution is 5.60. The van der Waals surface area contributed by atoms with Crippen LogP contribution in [0.4, 0.5) is 17.5 Å². The quantitative estimate of drug-likeness (QED) is 0.932. The largest absolute Gasteiger partial charge is 0.370 e. The summed E-state index contributed by atoms with van der Waals surface area (Å²) in [5, 5.41) is 12.5. The van der Waals surface area contributed by atoms with Gasteiger partial charge in [0.25, 0.3) is 0 Å². The highest BCUT2D eigenvalue weighted by Gasteiger charge is 2.21. The molecule has 0 bridgehead atoms. The van der Waals surface area contributed by atoms with Gasteiger partial charge in [0.05, 0.1) is 11.3 Å². The van der Waals surface area contributed by atoms with Crippen molar-refractivity contribution in [2.45, 2.75) is 13.8 Å². The third-order valence-electron chi connectivity index (χ3n) is 4.13. The van der Waals surface area contributed by atoms with Crippen molar-refractivity contribution in [1.82, 2.24) is 9.97 Å². The third kappa shape index (κ3) is 3.40. The molecule has 124 valence electrons. The second-order valence-corrected chi connectivity index (χ2v) is 5.83. The maximum absolute atomic E-state index is 9.28. The molecular formula is C18H22N6. The van der Waals surface area contributed by atoms with Crippen LogP contribution in [0.25, 0.3) is 0 Å². The molecule has 1 aliphatic rings. The van der Waals surface area contributed by atoms with E-state index >= 15 is 0 Å². The number of nitrogens with zero attached hydrogens (tertiary/aromatic N) is 5. The number of nitrogens with one attached hydrogen (secondary N) is 1. The fourth-order valence-corrected chi connectivity index (χ4v) is 2.96. The van der Waals surface area contributed by atoms with E-state index in [1.807, 2.05) is 37.3 Å². The molecule has 2 aromatic rings. The number of aromatic nitrogens is 2. The first-order valence-corrected chi connectivity index (χ1v) is 8.30. The lowest BCUT2D eigenvalue weighted by Crippen LogP contribution is -2.47. The van der Waals surface area contributed by atoms with Crippen LogP contribution in [0.5, 0.6) is 0 Å². The van der Waals surface area contributed by atoms with Gasteiger partial charge in [-0.3, -0.25) is 0 Å². The molecule has 2 heterocycles. The number of anilines is 3. The molecule has 1 fully saturated rings. The Kier molecular flexibility index (Phi) is 4.80. The average Bonchev–Trinajstić information content (AvgIpc) is 2.61. The first-order valence-electron chi connectivity index (χ1n) is 8.30. The van der Waals surface area contributed by atoms with Gasteiger partial charge in [-0.25, -0.2) is 4.98 Å². The summed E-state index contributed by atoms with van der Waals surface area (Å²) < 4.78 is 0. The van der Waals surface area contributed by atoms with Gasteiger partial charge in [-0.15, -0.1) is 0 Å². The van der Waals surface area contributed by atoms with Crippen molar-refractivity contribution in [3.8, 4) is 6.07 Å². The molecular weight excluding hydrogens is 300 g/mol. The Hall–Kier alpha value is -2.81. The van der Waals surface area contributed by atoms with Crippen LogP contribution in [0.2, 0.25) is 0 Å². The highest BCUT2D eigenvalue weighted by atomic mass is 15.3. The normalized spacial score (nSPS) is 14.4. The number of hydrogen-bond donors (Lipinski definition) is 1. The number of para-hydroxylation sites is 1.